The molecule has 0 heterocycles. The van der Waals surface area contributed by atoms with Crippen molar-refractivity contribution in [1.82, 2.24) is 4.72 Å². The zero-order chi connectivity index (χ0) is 13.9. The highest BCUT2D eigenvalue weighted by molar-refractivity contribution is 7.89. The molecule has 0 amide bonds. The lowest BCUT2D eigenvalue weighted by molar-refractivity contribution is -0.384. The van der Waals surface area contributed by atoms with Gasteiger partial charge in [0.25, 0.3) is 12.1 Å². The predicted octanol–water partition coefficient (Wildman–Crippen LogP) is 1.79. The number of nitrogens with zero attached hydrogens (tertiary/aromatic N) is 1. The Morgan fingerprint density at radius 1 is 1.44 bits per heavy atom. The lowest BCUT2D eigenvalue weighted by Crippen LogP contribution is -2.28. The molecule has 18 heavy (non-hydrogen) atoms. The topological polar surface area (TPSA) is 89.3 Å². The third kappa shape index (κ3) is 3.59. The predicted molar refractivity (Wildman–Crippen MR) is 59.3 cm³/mol. The van der Waals surface area contributed by atoms with Gasteiger partial charge in [-0.2, -0.15) is 0 Å². The molecule has 0 radical (unpaired) electrons. The maximum Gasteiger partial charge on any atom is 0.289 e. The molecule has 0 aliphatic heterocycles. The van der Waals surface area contributed by atoms with Crippen molar-refractivity contribution >= 4 is 27.3 Å². The third-order valence-corrected chi connectivity index (χ3v) is 3.59. The lowest BCUT2D eigenvalue weighted by Gasteiger charge is -2.06. The Kier molecular flexibility index (Phi) is 4.54. The van der Waals surface area contributed by atoms with Gasteiger partial charge in [-0.05, 0) is 12.1 Å². The molecule has 0 saturated heterocycles. The first-order chi connectivity index (χ1) is 8.24. The van der Waals surface area contributed by atoms with E-state index in [0.29, 0.717) is 6.07 Å². The Labute approximate surface area is 106 Å². The fraction of sp³-hybridized carbons (Fsp3) is 0.250. The molecule has 1 aromatic carbocycles. The van der Waals surface area contributed by atoms with E-state index in [1.165, 1.54) is 0 Å². The summed E-state index contributed by atoms with van der Waals surface area (Å²) in [5.41, 5.74) is -0.614. The van der Waals surface area contributed by atoms with Gasteiger partial charge in [-0.25, -0.2) is 21.9 Å². The number of halogens is 3. The molecule has 0 atom stereocenters. The molecule has 0 fully saturated rings. The van der Waals surface area contributed by atoms with Crippen molar-refractivity contribution in [1.29, 1.82) is 0 Å². The van der Waals surface area contributed by atoms with Crippen LogP contribution in [-0.4, -0.2) is 26.3 Å². The number of nitrogens with one attached hydrogen (secondary N) is 1. The van der Waals surface area contributed by atoms with Gasteiger partial charge in [-0.3, -0.25) is 10.1 Å². The molecule has 6 nitrogen and oxygen atoms in total. The minimum atomic E-state index is -4.22. The number of hydrogen-bond acceptors (Lipinski definition) is 4. The number of benzene rings is 1. The highest BCUT2D eigenvalue weighted by atomic mass is 35.5. The smallest absolute Gasteiger partial charge is 0.258 e. The van der Waals surface area contributed by atoms with Gasteiger partial charge in [0.2, 0.25) is 10.0 Å². The van der Waals surface area contributed by atoms with Gasteiger partial charge in [-0.1, -0.05) is 11.6 Å². The van der Waals surface area contributed by atoms with E-state index in [0.717, 1.165) is 12.1 Å². The average molecular weight is 301 g/mol. The largest absolute Gasteiger partial charge is 0.289 e. The number of rotatable bonds is 5. The standard InChI is InChI=1S/C8H7ClF2N2O4S/c9-6-2-1-5(3-7(6)13(14)15)18(16,17)12-4-8(10)11/h1-3,8,12H,4H2. The first-order valence-corrected chi connectivity index (χ1v) is 6.32. The number of alkyl halides is 2. The highest BCUT2D eigenvalue weighted by Crippen LogP contribution is 2.26. The Morgan fingerprint density at radius 3 is 2.56 bits per heavy atom. The van der Waals surface area contributed by atoms with Crippen molar-refractivity contribution in [3.8, 4) is 0 Å². The number of nitro groups is 1. The summed E-state index contributed by atoms with van der Waals surface area (Å²) in [5.74, 6) is 0. The maximum absolute atomic E-state index is 11.9. The van der Waals surface area contributed by atoms with E-state index >= 15 is 0 Å². The van der Waals surface area contributed by atoms with E-state index in [-0.39, 0.29) is 5.02 Å². The lowest BCUT2D eigenvalue weighted by atomic mass is 10.3. The van der Waals surface area contributed by atoms with Gasteiger partial charge in [-0.15, -0.1) is 0 Å². The van der Waals surface area contributed by atoms with Gasteiger partial charge in [0, 0.05) is 6.07 Å². The fourth-order valence-electron chi connectivity index (χ4n) is 1.06. The van der Waals surface area contributed by atoms with Gasteiger partial charge >= 0.3 is 0 Å². The van der Waals surface area contributed by atoms with Crippen LogP contribution in [0.1, 0.15) is 0 Å². The summed E-state index contributed by atoms with van der Waals surface area (Å²) in [7, 11) is -4.22. The van der Waals surface area contributed by atoms with E-state index < -0.39 is 38.5 Å². The molecule has 0 aromatic heterocycles. The molecule has 0 spiro atoms. The maximum atomic E-state index is 11.9. The minimum absolute atomic E-state index is 0.243. The molecule has 0 bridgehead atoms. The van der Waals surface area contributed by atoms with Crippen LogP contribution in [0.15, 0.2) is 23.1 Å². The molecular formula is C8H7ClF2N2O4S. The van der Waals surface area contributed by atoms with Crippen molar-refractivity contribution in [2.75, 3.05) is 6.54 Å². The Morgan fingerprint density at radius 2 is 2.06 bits per heavy atom. The van der Waals surface area contributed by atoms with E-state index in [2.05, 4.69) is 0 Å². The SMILES string of the molecule is O=[N+]([O-])c1cc(S(=O)(=O)NCC(F)F)ccc1Cl. The first kappa shape index (κ1) is 14.7. The first-order valence-electron chi connectivity index (χ1n) is 4.46. The summed E-state index contributed by atoms with van der Waals surface area (Å²) in [6, 6.07) is 2.70. The van der Waals surface area contributed by atoms with Crippen LogP contribution in [0.4, 0.5) is 14.5 Å². The summed E-state index contributed by atoms with van der Waals surface area (Å²) in [4.78, 5) is 9.19. The van der Waals surface area contributed by atoms with E-state index in [1.54, 1.807) is 4.72 Å². The summed E-state index contributed by atoms with van der Waals surface area (Å²) in [6.07, 6.45) is -2.86. The molecule has 1 rings (SSSR count). The molecule has 0 unspecified atom stereocenters. The van der Waals surface area contributed by atoms with Crippen LogP contribution in [0.3, 0.4) is 0 Å². The zero-order valence-electron chi connectivity index (χ0n) is 8.64. The second kappa shape index (κ2) is 5.55. The Balaban J connectivity index is 3.10. The minimum Gasteiger partial charge on any atom is -0.258 e. The molecule has 0 aliphatic carbocycles. The molecule has 10 heteroatoms. The molecule has 1 N–H and O–H groups in total. The van der Waals surface area contributed by atoms with E-state index in [4.69, 9.17) is 11.6 Å². The van der Waals surface area contributed by atoms with Crippen LogP contribution in [0.2, 0.25) is 5.02 Å². The van der Waals surface area contributed by atoms with Crippen LogP contribution in [0.25, 0.3) is 0 Å². The zero-order valence-corrected chi connectivity index (χ0v) is 10.2. The van der Waals surface area contributed by atoms with Gasteiger partial charge < -0.3 is 0 Å². The normalized spacial score (nSPS) is 11.8. The van der Waals surface area contributed by atoms with Crippen molar-refractivity contribution in [2.45, 2.75) is 11.3 Å². The summed E-state index contributed by atoms with van der Waals surface area (Å²) < 4.78 is 48.4. The Bertz CT molecular complexity index is 564. The van der Waals surface area contributed by atoms with E-state index in [1.807, 2.05) is 0 Å². The van der Waals surface area contributed by atoms with Gasteiger partial charge in [0.15, 0.2) is 0 Å². The van der Waals surface area contributed by atoms with Crippen molar-refractivity contribution in [2.24, 2.45) is 0 Å². The summed E-state index contributed by atoms with van der Waals surface area (Å²) >= 11 is 5.49. The summed E-state index contributed by atoms with van der Waals surface area (Å²) in [5, 5.41) is 10.3. The van der Waals surface area contributed by atoms with Crippen molar-refractivity contribution < 1.29 is 22.1 Å². The van der Waals surface area contributed by atoms with Gasteiger partial charge in [0.1, 0.15) is 5.02 Å². The quantitative estimate of drug-likeness (QED) is 0.663. The fourth-order valence-corrected chi connectivity index (χ4v) is 2.27. The highest BCUT2D eigenvalue weighted by Gasteiger charge is 2.21. The molecular weight excluding hydrogens is 294 g/mol. The van der Waals surface area contributed by atoms with Crippen LogP contribution in [0.5, 0.6) is 0 Å². The number of sulfonamides is 1. The van der Waals surface area contributed by atoms with Crippen LogP contribution in [0, 0.1) is 10.1 Å². The molecule has 0 saturated carbocycles. The van der Waals surface area contributed by atoms with Crippen molar-refractivity contribution in [3.05, 3.63) is 33.3 Å². The second-order valence-electron chi connectivity index (χ2n) is 3.11. The molecule has 1 aromatic rings. The van der Waals surface area contributed by atoms with Gasteiger partial charge in [0.05, 0.1) is 16.4 Å². The Hall–Kier alpha value is -1.32. The van der Waals surface area contributed by atoms with Crippen molar-refractivity contribution in [3.63, 3.8) is 0 Å². The molecule has 100 valence electrons. The van der Waals surface area contributed by atoms with E-state index in [9.17, 15) is 27.3 Å². The summed E-state index contributed by atoms with van der Waals surface area (Å²) in [6.45, 7) is -1.07. The average Bonchev–Trinajstić information content (AvgIpc) is 2.26. The van der Waals surface area contributed by atoms with Crippen LogP contribution >= 0.6 is 11.6 Å². The number of nitro benzene ring substituents is 1. The van der Waals surface area contributed by atoms with Crippen LogP contribution in [-0.2, 0) is 10.0 Å². The number of hydrogen-bond donors (Lipinski definition) is 1. The molecule has 0 aliphatic rings. The second-order valence-corrected chi connectivity index (χ2v) is 5.29. The van der Waals surface area contributed by atoms with Crippen LogP contribution < -0.4 is 4.72 Å². The monoisotopic (exact) mass is 300 g/mol. The third-order valence-electron chi connectivity index (χ3n) is 1.85.